The molecule has 0 bridgehead atoms. The first-order valence-corrected chi connectivity index (χ1v) is 2.93. The van der Waals surface area contributed by atoms with Crippen molar-refractivity contribution in [1.82, 2.24) is 0 Å². The average molecular weight is 162 g/mol. The second-order valence-electron chi connectivity index (χ2n) is 1.64. The SMILES string of the molecule is [CH][C@@H](CC(=O)OP)C(=O)O. The molecule has 0 saturated carbocycles. The van der Waals surface area contributed by atoms with Crippen molar-refractivity contribution in [2.24, 2.45) is 5.92 Å². The maximum atomic E-state index is 10.3. The van der Waals surface area contributed by atoms with Gasteiger partial charge in [-0.1, -0.05) is 0 Å². The van der Waals surface area contributed by atoms with Crippen LogP contribution < -0.4 is 0 Å². The van der Waals surface area contributed by atoms with Gasteiger partial charge >= 0.3 is 11.9 Å². The van der Waals surface area contributed by atoms with Gasteiger partial charge in [0.05, 0.1) is 21.8 Å². The van der Waals surface area contributed by atoms with E-state index in [-0.39, 0.29) is 6.42 Å². The van der Waals surface area contributed by atoms with Gasteiger partial charge in [-0.05, 0) is 6.92 Å². The highest BCUT2D eigenvalue weighted by Gasteiger charge is 2.15. The topological polar surface area (TPSA) is 63.6 Å². The molecule has 0 spiro atoms. The molecule has 0 aromatic rings. The number of carbonyl (C=O) groups is 2. The van der Waals surface area contributed by atoms with E-state index < -0.39 is 17.9 Å². The lowest BCUT2D eigenvalue weighted by molar-refractivity contribution is -0.145. The van der Waals surface area contributed by atoms with Gasteiger partial charge in [0.2, 0.25) is 0 Å². The van der Waals surface area contributed by atoms with Gasteiger partial charge in [-0.2, -0.15) is 0 Å². The van der Waals surface area contributed by atoms with Crippen LogP contribution in [0.15, 0.2) is 0 Å². The molecular weight excluding hydrogens is 155 g/mol. The van der Waals surface area contributed by atoms with E-state index in [9.17, 15) is 9.59 Å². The van der Waals surface area contributed by atoms with E-state index in [0.29, 0.717) is 0 Å². The molecule has 0 heterocycles. The van der Waals surface area contributed by atoms with Crippen molar-refractivity contribution in [2.75, 3.05) is 0 Å². The maximum Gasteiger partial charge on any atom is 0.308 e. The van der Waals surface area contributed by atoms with E-state index in [0.717, 1.165) is 0 Å². The van der Waals surface area contributed by atoms with Gasteiger partial charge in [0.15, 0.2) is 0 Å². The average Bonchev–Trinajstić information content (AvgIpc) is 1.87. The third kappa shape index (κ3) is 3.41. The van der Waals surface area contributed by atoms with Crippen LogP contribution >= 0.6 is 9.47 Å². The summed E-state index contributed by atoms with van der Waals surface area (Å²) in [5.41, 5.74) is 0. The monoisotopic (exact) mass is 162 g/mol. The summed E-state index contributed by atoms with van der Waals surface area (Å²) in [6, 6.07) is 0. The molecule has 0 aliphatic rings. The van der Waals surface area contributed by atoms with Crippen molar-refractivity contribution in [3.63, 3.8) is 0 Å². The molecule has 0 fully saturated rings. The van der Waals surface area contributed by atoms with Crippen LogP contribution in [0.1, 0.15) is 6.42 Å². The molecule has 2 radical (unpaired) electrons. The van der Waals surface area contributed by atoms with Gasteiger partial charge in [0.25, 0.3) is 0 Å². The minimum atomic E-state index is -1.21. The zero-order valence-corrected chi connectivity index (χ0v) is 6.27. The summed E-state index contributed by atoms with van der Waals surface area (Å²) in [6.07, 6.45) is -0.307. The predicted molar refractivity (Wildman–Crippen MR) is 35.8 cm³/mol. The quantitative estimate of drug-likeness (QED) is 0.598. The highest BCUT2D eigenvalue weighted by Crippen LogP contribution is 2.03. The van der Waals surface area contributed by atoms with Crippen LogP contribution in [0, 0.1) is 12.8 Å². The van der Waals surface area contributed by atoms with Gasteiger partial charge < -0.3 is 9.63 Å². The fourth-order valence-corrected chi connectivity index (χ4v) is 0.411. The summed E-state index contributed by atoms with van der Waals surface area (Å²) in [7, 11) is 1.72. The zero-order valence-electron chi connectivity index (χ0n) is 5.11. The lowest BCUT2D eigenvalue weighted by atomic mass is 10.1. The number of carboxylic acids is 1. The highest BCUT2D eigenvalue weighted by atomic mass is 31.0. The first-order chi connectivity index (χ1) is 4.57. The van der Waals surface area contributed by atoms with Gasteiger partial charge in [0, 0.05) is 0 Å². The van der Waals surface area contributed by atoms with E-state index in [1.54, 1.807) is 9.47 Å². The largest absolute Gasteiger partial charge is 0.481 e. The first-order valence-electron chi connectivity index (χ1n) is 2.46. The smallest absolute Gasteiger partial charge is 0.308 e. The Bertz CT molecular complexity index is 145. The Morgan fingerprint density at radius 3 is 2.50 bits per heavy atom. The summed E-state index contributed by atoms with van der Waals surface area (Å²) in [4.78, 5) is 20.4. The summed E-state index contributed by atoms with van der Waals surface area (Å²) in [5, 5.41) is 8.19. The molecule has 2 atom stereocenters. The third-order valence-electron chi connectivity index (χ3n) is 0.835. The van der Waals surface area contributed by atoms with E-state index in [1.807, 2.05) is 0 Å². The molecule has 10 heavy (non-hydrogen) atoms. The molecule has 0 rings (SSSR count). The van der Waals surface area contributed by atoms with E-state index in [1.165, 1.54) is 0 Å². The van der Waals surface area contributed by atoms with Gasteiger partial charge in [-0.3, -0.25) is 9.59 Å². The number of hydrogen-bond donors (Lipinski definition) is 1. The van der Waals surface area contributed by atoms with Crippen LogP contribution in [-0.2, 0) is 14.1 Å². The Labute approximate surface area is 60.8 Å². The summed E-state index contributed by atoms with van der Waals surface area (Å²) in [5.74, 6) is -3.04. The normalized spacial score (nSPS) is 12.2. The Morgan fingerprint density at radius 1 is 1.70 bits per heavy atom. The van der Waals surface area contributed by atoms with E-state index in [2.05, 4.69) is 4.52 Å². The molecule has 0 amide bonds. The van der Waals surface area contributed by atoms with Crippen LogP contribution in [-0.4, -0.2) is 17.0 Å². The predicted octanol–water partition coefficient (Wildman–Crippen LogP) is 0.122. The number of carboxylic acid groups (broad SMARTS) is 1. The van der Waals surface area contributed by atoms with Crippen LogP contribution in [0.2, 0.25) is 0 Å². The van der Waals surface area contributed by atoms with Crippen LogP contribution in [0.5, 0.6) is 0 Å². The minimum absolute atomic E-state index is 0.307. The second kappa shape index (κ2) is 4.23. The Kier molecular flexibility index (Phi) is 3.96. The molecule has 0 aliphatic carbocycles. The number of rotatable bonds is 3. The van der Waals surface area contributed by atoms with E-state index >= 15 is 0 Å². The first kappa shape index (κ1) is 9.37. The molecule has 1 unspecified atom stereocenters. The van der Waals surface area contributed by atoms with Crippen molar-refractivity contribution in [1.29, 1.82) is 0 Å². The Morgan fingerprint density at radius 2 is 2.20 bits per heavy atom. The molecule has 0 saturated heterocycles. The van der Waals surface area contributed by atoms with Crippen molar-refractivity contribution in [3.8, 4) is 0 Å². The van der Waals surface area contributed by atoms with E-state index in [4.69, 9.17) is 12.0 Å². The molecule has 0 aromatic heterocycles. The lowest BCUT2D eigenvalue weighted by Crippen LogP contribution is -2.14. The lowest BCUT2D eigenvalue weighted by Gasteiger charge is -2.01. The van der Waals surface area contributed by atoms with Crippen LogP contribution in [0.4, 0.5) is 0 Å². The summed E-state index contributed by atoms with van der Waals surface area (Å²) >= 11 is 0. The molecule has 1 N–H and O–H groups in total. The third-order valence-corrected chi connectivity index (χ3v) is 1.10. The molecule has 0 aliphatic heterocycles. The van der Waals surface area contributed by atoms with Gasteiger partial charge in [0.1, 0.15) is 0 Å². The van der Waals surface area contributed by atoms with Crippen molar-refractivity contribution < 1.29 is 19.2 Å². The summed E-state index contributed by atoms with van der Waals surface area (Å²) in [6.45, 7) is 4.98. The highest BCUT2D eigenvalue weighted by molar-refractivity contribution is 7.10. The molecule has 5 heteroatoms. The maximum absolute atomic E-state index is 10.3. The van der Waals surface area contributed by atoms with Crippen LogP contribution in [0.3, 0.4) is 0 Å². The molecular formula is C5H7O4P. The Hall–Kier alpha value is -0.630. The second-order valence-corrected chi connectivity index (χ2v) is 1.87. The Balaban J connectivity index is 3.68. The van der Waals surface area contributed by atoms with Crippen LogP contribution in [0.25, 0.3) is 0 Å². The van der Waals surface area contributed by atoms with Gasteiger partial charge in [-0.15, -0.1) is 0 Å². The standard InChI is InChI=1S/C5H7O4P/c1-3(5(7)8)2-4(6)9-10/h1,3H,2,10H2,(H,7,8)/t3-/m0/s1. The number of hydrogen-bond acceptors (Lipinski definition) is 3. The minimum Gasteiger partial charge on any atom is -0.481 e. The molecule has 4 nitrogen and oxygen atoms in total. The van der Waals surface area contributed by atoms with Crippen molar-refractivity contribution >= 4 is 21.4 Å². The fraction of sp³-hybridized carbons (Fsp3) is 0.400. The number of aliphatic carboxylic acids is 1. The molecule has 0 aromatic carbocycles. The fourth-order valence-electron chi connectivity index (χ4n) is 0.315. The van der Waals surface area contributed by atoms with Gasteiger partial charge in [-0.25, -0.2) is 0 Å². The molecule has 56 valence electrons. The van der Waals surface area contributed by atoms with Crippen molar-refractivity contribution in [2.45, 2.75) is 6.42 Å². The summed E-state index contributed by atoms with van der Waals surface area (Å²) < 4.78 is 4.11. The van der Waals surface area contributed by atoms with Crippen molar-refractivity contribution in [3.05, 3.63) is 6.92 Å². The zero-order chi connectivity index (χ0) is 8.15. The number of carbonyl (C=O) groups excluding carboxylic acids is 1.